The van der Waals surface area contributed by atoms with Crippen molar-refractivity contribution >= 4 is 16.9 Å². The summed E-state index contributed by atoms with van der Waals surface area (Å²) >= 11 is 1.92. The van der Waals surface area contributed by atoms with Crippen LogP contribution in [0.2, 0.25) is 0 Å². The second-order valence-electron chi connectivity index (χ2n) is 5.76. The number of hydrogen-bond donors (Lipinski definition) is 1. The smallest absolute Gasteiger partial charge is 0.157 e. The van der Waals surface area contributed by atoms with Gasteiger partial charge in [0.25, 0.3) is 0 Å². The highest BCUT2D eigenvalue weighted by Crippen LogP contribution is 2.39. The Kier molecular flexibility index (Phi) is 3.35. The van der Waals surface area contributed by atoms with E-state index in [1.165, 1.54) is 12.8 Å². The van der Waals surface area contributed by atoms with Crippen LogP contribution in [0.1, 0.15) is 33.1 Å². The first kappa shape index (κ1) is 11.8. The zero-order valence-corrected chi connectivity index (χ0v) is 11.5. The lowest BCUT2D eigenvalue weighted by atomic mass is 10.1. The molecule has 3 rings (SSSR count). The first-order valence-corrected chi connectivity index (χ1v) is 7.71. The van der Waals surface area contributed by atoms with Crippen molar-refractivity contribution in [3.63, 3.8) is 0 Å². The van der Waals surface area contributed by atoms with Crippen molar-refractivity contribution in [2.24, 2.45) is 16.8 Å². The van der Waals surface area contributed by atoms with Crippen LogP contribution >= 0.6 is 11.8 Å². The Morgan fingerprint density at radius 1 is 1.35 bits per heavy atom. The largest absolute Gasteiger partial charge is 0.376 e. The van der Waals surface area contributed by atoms with Gasteiger partial charge in [-0.1, -0.05) is 25.6 Å². The summed E-state index contributed by atoms with van der Waals surface area (Å²) in [6.45, 7) is 6.46. The molecule has 0 bridgehead atoms. The van der Waals surface area contributed by atoms with Crippen LogP contribution in [-0.4, -0.2) is 35.7 Å². The van der Waals surface area contributed by atoms with Crippen LogP contribution in [0.15, 0.2) is 4.99 Å². The molecule has 0 aromatic carbocycles. The van der Waals surface area contributed by atoms with Gasteiger partial charge >= 0.3 is 0 Å². The van der Waals surface area contributed by atoms with Crippen molar-refractivity contribution in [3.05, 3.63) is 0 Å². The third kappa shape index (κ3) is 2.63. The van der Waals surface area contributed by atoms with Crippen LogP contribution in [-0.2, 0) is 4.74 Å². The zero-order chi connectivity index (χ0) is 11.8. The van der Waals surface area contributed by atoms with Gasteiger partial charge in [0.1, 0.15) is 0 Å². The van der Waals surface area contributed by atoms with E-state index in [1.807, 2.05) is 11.8 Å². The number of nitrogens with one attached hydrogen (secondary N) is 1. The average Bonchev–Trinajstić information content (AvgIpc) is 2.86. The van der Waals surface area contributed by atoms with E-state index in [0.29, 0.717) is 23.3 Å². The molecule has 2 fully saturated rings. The summed E-state index contributed by atoms with van der Waals surface area (Å²) in [7, 11) is 0. The summed E-state index contributed by atoms with van der Waals surface area (Å²) in [6, 6.07) is 0.514. The predicted molar refractivity (Wildman–Crippen MR) is 72.5 cm³/mol. The molecule has 0 aromatic heterocycles. The lowest BCUT2D eigenvalue weighted by Gasteiger charge is -2.20. The Balaban J connectivity index is 1.53. The Morgan fingerprint density at radius 2 is 2.18 bits per heavy atom. The van der Waals surface area contributed by atoms with Gasteiger partial charge in [0, 0.05) is 11.9 Å². The fraction of sp³-hybridized carbons (Fsp3) is 0.923. The Labute approximate surface area is 108 Å². The van der Waals surface area contributed by atoms with Gasteiger partial charge in [0.15, 0.2) is 5.17 Å². The Bertz CT molecular complexity index is 315. The third-order valence-electron chi connectivity index (χ3n) is 3.95. The summed E-state index contributed by atoms with van der Waals surface area (Å²) < 4.78 is 5.85. The van der Waals surface area contributed by atoms with Gasteiger partial charge < -0.3 is 10.1 Å². The minimum atomic E-state index is 0.455. The first-order valence-electron chi connectivity index (χ1n) is 6.83. The van der Waals surface area contributed by atoms with Gasteiger partial charge in [0.05, 0.1) is 18.7 Å². The van der Waals surface area contributed by atoms with E-state index in [1.54, 1.807) is 0 Å². The van der Waals surface area contributed by atoms with E-state index >= 15 is 0 Å². The number of hydrogen-bond acceptors (Lipinski definition) is 4. The Morgan fingerprint density at radius 3 is 2.82 bits per heavy atom. The van der Waals surface area contributed by atoms with Crippen molar-refractivity contribution in [3.8, 4) is 0 Å². The lowest BCUT2D eigenvalue weighted by molar-refractivity contribution is 0.0844. The second kappa shape index (κ2) is 4.81. The van der Waals surface area contributed by atoms with Gasteiger partial charge in [-0.3, -0.25) is 4.99 Å². The van der Waals surface area contributed by atoms with Crippen LogP contribution in [0.25, 0.3) is 0 Å². The molecule has 3 unspecified atom stereocenters. The highest BCUT2D eigenvalue weighted by Gasteiger charge is 2.41. The molecule has 2 aliphatic heterocycles. The molecule has 96 valence electrons. The fourth-order valence-electron chi connectivity index (χ4n) is 2.63. The second-order valence-corrected chi connectivity index (χ2v) is 6.99. The van der Waals surface area contributed by atoms with Crippen molar-refractivity contribution in [1.29, 1.82) is 0 Å². The molecule has 1 saturated heterocycles. The monoisotopic (exact) mass is 254 g/mol. The summed E-state index contributed by atoms with van der Waals surface area (Å²) in [6.07, 6.45) is 4.32. The highest BCUT2D eigenvalue weighted by molar-refractivity contribution is 8.14. The maximum atomic E-state index is 5.85. The summed E-state index contributed by atoms with van der Waals surface area (Å²) in [5, 5.41) is 5.45. The molecular weight excluding hydrogens is 232 g/mol. The fourth-order valence-corrected chi connectivity index (χ4v) is 3.71. The Hall–Kier alpha value is -0.220. The van der Waals surface area contributed by atoms with E-state index in [0.717, 1.165) is 30.7 Å². The lowest BCUT2D eigenvalue weighted by Crippen LogP contribution is -2.40. The van der Waals surface area contributed by atoms with E-state index in [4.69, 9.17) is 4.74 Å². The molecule has 3 atom stereocenters. The van der Waals surface area contributed by atoms with Crippen molar-refractivity contribution in [2.75, 3.05) is 13.2 Å². The molecule has 1 aliphatic carbocycles. The van der Waals surface area contributed by atoms with E-state index in [-0.39, 0.29) is 0 Å². The molecule has 0 aromatic rings. The molecule has 2 heterocycles. The quantitative estimate of drug-likeness (QED) is 0.839. The van der Waals surface area contributed by atoms with Gasteiger partial charge in [-0.25, -0.2) is 0 Å². The molecule has 1 saturated carbocycles. The van der Waals surface area contributed by atoms with Crippen molar-refractivity contribution in [1.82, 2.24) is 5.32 Å². The molecule has 0 radical (unpaired) electrons. The van der Waals surface area contributed by atoms with Crippen LogP contribution in [0.3, 0.4) is 0 Å². The molecular formula is C13H22N2OS. The number of thioether (sulfide) groups is 1. The molecule has 0 spiro atoms. The molecule has 4 heteroatoms. The maximum absolute atomic E-state index is 5.85. The first-order chi connectivity index (χ1) is 8.24. The van der Waals surface area contributed by atoms with E-state index in [2.05, 4.69) is 24.2 Å². The van der Waals surface area contributed by atoms with E-state index in [9.17, 15) is 0 Å². The third-order valence-corrected chi connectivity index (χ3v) is 5.42. The number of ether oxygens (including phenoxy) is 1. The summed E-state index contributed by atoms with van der Waals surface area (Å²) in [5.74, 6) is 1.53. The molecule has 3 aliphatic rings. The van der Waals surface area contributed by atoms with Gasteiger partial charge in [0.2, 0.25) is 0 Å². The predicted octanol–water partition coefficient (Wildman–Crippen LogP) is 2.27. The van der Waals surface area contributed by atoms with Crippen LogP contribution in [0, 0.1) is 11.8 Å². The van der Waals surface area contributed by atoms with Crippen molar-refractivity contribution < 1.29 is 4.74 Å². The number of aliphatic imine (C=N–C) groups is 1. The van der Waals surface area contributed by atoms with Gasteiger partial charge in [-0.15, -0.1) is 0 Å². The highest BCUT2D eigenvalue weighted by atomic mass is 32.2. The topological polar surface area (TPSA) is 33.6 Å². The minimum absolute atomic E-state index is 0.455. The normalized spacial score (nSPS) is 37.6. The summed E-state index contributed by atoms with van der Waals surface area (Å²) in [5.41, 5.74) is 0. The average molecular weight is 254 g/mol. The molecule has 1 N–H and O–H groups in total. The number of amidine groups is 1. The van der Waals surface area contributed by atoms with Gasteiger partial charge in [-0.2, -0.15) is 0 Å². The summed E-state index contributed by atoms with van der Waals surface area (Å²) in [4.78, 5) is 4.63. The van der Waals surface area contributed by atoms with Crippen molar-refractivity contribution in [2.45, 2.75) is 50.5 Å². The van der Waals surface area contributed by atoms with Gasteiger partial charge in [-0.05, 0) is 31.1 Å². The van der Waals surface area contributed by atoms with Crippen LogP contribution in [0.4, 0.5) is 0 Å². The minimum Gasteiger partial charge on any atom is -0.376 e. The van der Waals surface area contributed by atoms with Crippen LogP contribution < -0.4 is 5.32 Å². The maximum Gasteiger partial charge on any atom is 0.157 e. The standard InChI is InChI=1S/C13H22N2OS/c1-8(2)11-7-14-13(17-11)15-10-5-6-16-12(10)9-3-4-9/h8-12H,3-7H2,1-2H3,(H,14,15). The zero-order valence-electron chi connectivity index (χ0n) is 10.7. The molecule has 0 amide bonds. The van der Waals surface area contributed by atoms with Crippen LogP contribution in [0.5, 0.6) is 0 Å². The SMILES string of the molecule is CC(C)C1CN=C(NC2CCOC2C2CC2)S1. The number of nitrogens with zero attached hydrogens (tertiary/aromatic N) is 1. The van der Waals surface area contributed by atoms with E-state index < -0.39 is 0 Å². The molecule has 3 nitrogen and oxygen atoms in total. The number of rotatable bonds is 3. The molecule has 17 heavy (non-hydrogen) atoms.